The summed E-state index contributed by atoms with van der Waals surface area (Å²) in [6.45, 7) is 1.03. The van der Waals surface area contributed by atoms with E-state index in [0.717, 1.165) is 38.2 Å². The molecule has 0 saturated carbocycles. The quantitative estimate of drug-likeness (QED) is 0.352. The highest BCUT2D eigenvalue weighted by Gasteiger charge is 2.10. The molecule has 33 heavy (non-hydrogen) atoms. The molecule has 0 unspecified atom stereocenters. The van der Waals surface area contributed by atoms with Gasteiger partial charge in [-0.1, -0.05) is 48.5 Å². The maximum absolute atomic E-state index is 10.9. The van der Waals surface area contributed by atoms with Crippen molar-refractivity contribution in [3.8, 4) is 5.75 Å². The molecule has 0 aliphatic rings. The van der Waals surface area contributed by atoms with Gasteiger partial charge in [0.15, 0.2) is 5.16 Å². The van der Waals surface area contributed by atoms with Gasteiger partial charge in [0, 0.05) is 29.7 Å². The van der Waals surface area contributed by atoms with Gasteiger partial charge < -0.3 is 19.7 Å². The minimum Gasteiger partial charge on any atom is -0.489 e. The highest BCUT2D eigenvalue weighted by molar-refractivity contribution is 7.99. The molecule has 0 radical (unpaired) electrons. The van der Waals surface area contributed by atoms with Crippen molar-refractivity contribution in [2.75, 3.05) is 5.32 Å². The number of carboxylic acid groups (broad SMARTS) is 1. The van der Waals surface area contributed by atoms with E-state index in [0.29, 0.717) is 13.2 Å². The van der Waals surface area contributed by atoms with E-state index in [1.165, 1.54) is 11.8 Å². The molecule has 8 heteroatoms. The van der Waals surface area contributed by atoms with Gasteiger partial charge in [0.1, 0.15) is 18.7 Å². The summed E-state index contributed by atoms with van der Waals surface area (Å²) in [6, 6.07) is 23.6. The zero-order valence-electron chi connectivity index (χ0n) is 18.1. The van der Waals surface area contributed by atoms with Gasteiger partial charge in [-0.05, 0) is 47.2 Å². The molecule has 0 aliphatic heterocycles. The van der Waals surface area contributed by atoms with Gasteiger partial charge in [0.05, 0.1) is 6.42 Å². The lowest BCUT2D eigenvalue weighted by atomic mass is 10.1. The fraction of sp³-hybridized carbons (Fsp3) is 0.160. The van der Waals surface area contributed by atoms with Crippen LogP contribution in [-0.4, -0.2) is 25.8 Å². The van der Waals surface area contributed by atoms with Crippen molar-refractivity contribution in [2.45, 2.75) is 29.6 Å². The van der Waals surface area contributed by atoms with Crippen LogP contribution in [0.2, 0.25) is 0 Å². The van der Waals surface area contributed by atoms with Crippen molar-refractivity contribution in [2.24, 2.45) is 7.05 Å². The molecule has 0 amide bonds. The molecule has 1 heterocycles. The largest absolute Gasteiger partial charge is 0.489 e. The molecule has 4 rings (SSSR count). The predicted molar refractivity (Wildman–Crippen MR) is 127 cm³/mol. The Bertz CT molecular complexity index is 1210. The number of rotatable bonds is 10. The molecule has 3 aromatic carbocycles. The number of carbonyl (C=O) groups is 1. The minimum atomic E-state index is -0.838. The Kier molecular flexibility index (Phi) is 7.26. The van der Waals surface area contributed by atoms with Gasteiger partial charge in [-0.25, -0.2) is 0 Å². The Labute approximate surface area is 196 Å². The molecular weight excluding hydrogens is 436 g/mol. The zero-order chi connectivity index (χ0) is 23.0. The predicted octanol–water partition coefficient (Wildman–Crippen LogP) is 4.78. The van der Waals surface area contributed by atoms with Crippen LogP contribution in [0.4, 0.5) is 5.69 Å². The number of anilines is 1. The van der Waals surface area contributed by atoms with Crippen LogP contribution in [0.15, 0.2) is 89.2 Å². The van der Waals surface area contributed by atoms with Gasteiger partial charge in [-0.2, -0.15) is 0 Å². The van der Waals surface area contributed by atoms with E-state index in [1.807, 2.05) is 84.4 Å². The summed E-state index contributed by atoms with van der Waals surface area (Å²) >= 11 is 1.53. The number of hydrogen-bond donors (Lipinski definition) is 2. The molecule has 7 nitrogen and oxygen atoms in total. The molecule has 0 spiro atoms. The second-order valence-corrected chi connectivity index (χ2v) is 8.53. The molecule has 0 bridgehead atoms. The zero-order valence-corrected chi connectivity index (χ0v) is 19.0. The topological polar surface area (TPSA) is 89.3 Å². The summed E-state index contributed by atoms with van der Waals surface area (Å²) in [6.07, 6.45) is 1.69. The highest BCUT2D eigenvalue weighted by atomic mass is 32.2. The fourth-order valence-electron chi connectivity index (χ4n) is 3.20. The van der Waals surface area contributed by atoms with Gasteiger partial charge in [-0.15, -0.1) is 10.2 Å². The van der Waals surface area contributed by atoms with Crippen molar-refractivity contribution >= 4 is 23.4 Å². The second-order valence-electron chi connectivity index (χ2n) is 7.49. The lowest BCUT2D eigenvalue weighted by molar-refractivity contribution is -0.136. The lowest BCUT2D eigenvalue weighted by Gasteiger charge is -2.15. The van der Waals surface area contributed by atoms with Crippen LogP contribution in [0.3, 0.4) is 0 Å². The molecule has 0 fully saturated rings. The summed E-state index contributed by atoms with van der Waals surface area (Å²) in [4.78, 5) is 11.9. The first-order valence-corrected chi connectivity index (χ1v) is 11.2. The van der Waals surface area contributed by atoms with Crippen LogP contribution in [-0.2, 0) is 31.4 Å². The van der Waals surface area contributed by atoms with E-state index in [2.05, 4.69) is 15.5 Å². The Hall–Kier alpha value is -3.78. The Morgan fingerprint density at radius 2 is 1.85 bits per heavy atom. The summed E-state index contributed by atoms with van der Waals surface area (Å²) in [5.74, 6) is -0.0452. The van der Waals surface area contributed by atoms with E-state index in [-0.39, 0.29) is 6.42 Å². The van der Waals surface area contributed by atoms with Crippen LogP contribution in [0.5, 0.6) is 5.75 Å². The Balaban J connectivity index is 1.49. The molecule has 168 valence electrons. The van der Waals surface area contributed by atoms with Crippen molar-refractivity contribution in [3.05, 3.63) is 95.8 Å². The van der Waals surface area contributed by atoms with Crippen LogP contribution < -0.4 is 10.1 Å². The highest BCUT2D eigenvalue weighted by Crippen LogP contribution is 2.31. The molecule has 0 atom stereocenters. The number of nitrogens with zero attached hydrogens (tertiary/aromatic N) is 3. The average molecular weight is 461 g/mol. The third-order valence-corrected chi connectivity index (χ3v) is 5.99. The van der Waals surface area contributed by atoms with Crippen molar-refractivity contribution in [1.29, 1.82) is 0 Å². The average Bonchev–Trinajstić information content (AvgIpc) is 3.22. The molecule has 0 aliphatic carbocycles. The number of hydrogen-bond acceptors (Lipinski definition) is 6. The molecular formula is C25H24N4O3S. The van der Waals surface area contributed by atoms with Crippen molar-refractivity contribution in [1.82, 2.24) is 14.8 Å². The number of aliphatic carboxylic acids is 1. The number of aryl methyl sites for hydroxylation is 1. The second kappa shape index (κ2) is 10.7. The third kappa shape index (κ3) is 6.36. The Morgan fingerprint density at radius 1 is 1.06 bits per heavy atom. The summed E-state index contributed by atoms with van der Waals surface area (Å²) in [7, 11) is 1.91. The minimum absolute atomic E-state index is 0.0163. The van der Waals surface area contributed by atoms with E-state index in [9.17, 15) is 4.79 Å². The van der Waals surface area contributed by atoms with Gasteiger partial charge in [0.25, 0.3) is 0 Å². The van der Waals surface area contributed by atoms with Crippen molar-refractivity contribution in [3.63, 3.8) is 0 Å². The third-order valence-electron chi connectivity index (χ3n) is 4.95. The normalized spacial score (nSPS) is 10.7. The van der Waals surface area contributed by atoms with Gasteiger partial charge in [0.2, 0.25) is 0 Å². The summed E-state index contributed by atoms with van der Waals surface area (Å²) < 4.78 is 8.08. The monoisotopic (exact) mass is 460 g/mol. The van der Waals surface area contributed by atoms with E-state index >= 15 is 0 Å². The van der Waals surface area contributed by atoms with Crippen LogP contribution in [0.1, 0.15) is 16.7 Å². The van der Waals surface area contributed by atoms with Crippen LogP contribution in [0, 0.1) is 0 Å². The number of benzene rings is 3. The maximum atomic E-state index is 10.9. The van der Waals surface area contributed by atoms with E-state index in [4.69, 9.17) is 9.84 Å². The number of ether oxygens (including phenoxy) is 1. The van der Waals surface area contributed by atoms with Gasteiger partial charge in [-0.3, -0.25) is 4.79 Å². The van der Waals surface area contributed by atoms with Gasteiger partial charge >= 0.3 is 5.97 Å². The summed E-state index contributed by atoms with van der Waals surface area (Å²) in [5, 5.41) is 21.2. The smallest absolute Gasteiger partial charge is 0.307 e. The first-order chi connectivity index (χ1) is 16.1. The SMILES string of the molecule is Cn1cnnc1Sc1ccc(CNc2ccc(CC(=O)O)cc2)c(OCc2ccccc2)c1. The van der Waals surface area contributed by atoms with Crippen LogP contribution >= 0.6 is 11.8 Å². The van der Waals surface area contributed by atoms with E-state index in [1.54, 1.807) is 6.33 Å². The number of carboxylic acids is 1. The molecule has 1 aromatic heterocycles. The fourth-order valence-corrected chi connectivity index (χ4v) is 3.99. The standard InChI is InChI=1S/C25H24N4O3S/c1-29-17-27-28-25(29)33-22-12-9-20(23(14-22)32-16-19-5-3-2-4-6-19)15-26-21-10-7-18(8-11-21)13-24(30)31/h2-12,14,17,26H,13,15-16H2,1H3,(H,30,31). The summed E-state index contributed by atoms with van der Waals surface area (Å²) in [5.41, 5.74) is 3.79. The lowest BCUT2D eigenvalue weighted by Crippen LogP contribution is -2.05. The van der Waals surface area contributed by atoms with Crippen molar-refractivity contribution < 1.29 is 14.6 Å². The van der Waals surface area contributed by atoms with E-state index < -0.39 is 5.97 Å². The molecule has 0 saturated heterocycles. The first kappa shape index (κ1) is 22.4. The Morgan fingerprint density at radius 3 is 2.55 bits per heavy atom. The molecule has 4 aromatic rings. The van der Waals surface area contributed by atoms with Crippen LogP contribution in [0.25, 0.3) is 0 Å². The first-order valence-electron chi connectivity index (χ1n) is 10.4. The maximum Gasteiger partial charge on any atom is 0.307 e. The molecule has 2 N–H and O–H groups in total. The number of nitrogens with one attached hydrogen (secondary N) is 1. The number of aromatic nitrogens is 3.